The van der Waals surface area contributed by atoms with Gasteiger partial charge in [0.25, 0.3) is 0 Å². The number of allylic oxidation sites excluding steroid dienone is 3. The first-order valence-corrected chi connectivity index (χ1v) is 9.14. The fourth-order valence-corrected chi connectivity index (χ4v) is 2.08. The lowest BCUT2D eigenvalue weighted by atomic mass is 10.0. The topological polar surface area (TPSA) is 27.7 Å². The molecule has 0 aliphatic carbocycles. The van der Waals surface area contributed by atoms with Gasteiger partial charge >= 0.3 is 0 Å². The molecule has 0 N–H and O–H groups in total. The summed E-state index contributed by atoms with van der Waals surface area (Å²) in [6, 6.07) is 8.49. The van der Waals surface area contributed by atoms with Crippen molar-refractivity contribution in [2.24, 2.45) is 0 Å². The summed E-state index contributed by atoms with van der Waals surface area (Å²) in [5.41, 5.74) is 4.79. The Labute approximate surface area is 154 Å². The molecule has 3 heteroatoms. The maximum atomic E-state index is 5.77. The van der Waals surface area contributed by atoms with Crippen LogP contribution in [-0.2, 0) is 14.2 Å². The van der Waals surface area contributed by atoms with E-state index in [2.05, 4.69) is 51.1 Å². The Balaban J connectivity index is 0.00000277. The lowest BCUT2D eigenvalue weighted by molar-refractivity contribution is -0.0302. The summed E-state index contributed by atoms with van der Waals surface area (Å²) in [7, 11) is 1.68. The van der Waals surface area contributed by atoms with Crippen LogP contribution in [0.4, 0.5) is 0 Å². The quantitative estimate of drug-likeness (QED) is 0.516. The zero-order chi connectivity index (χ0) is 19.2. The van der Waals surface area contributed by atoms with E-state index in [1.54, 1.807) is 7.11 Å². The van der Waals surface area contributed by atoms with Crippen molar-refractivity contribution in [2.45, 2.75) is 60.7 Å². The fourth-order valence-electron chi connectivity index (χ4n) is 2.08. The van der Waals surface area contributed by atoms with Crippen LogP contribution in [0.2, 0.25) is 0 Å². The smallest absolute Gasteiger partial charge is 0.118 e. The van der Waals surface area contributed by atoms with Crippen molar-refractivity contribution in [1.29, 1.82) is 0 Å². The first-order valence-electron chi connectivity index (χ1n) is 9.14. The van der Waals surface area contributed by atoms with E-state index >= 15 is 0 Å². The van der Waals surface area contributed by atoms with Crippen LogP contribution in [0.25, 0.3) is 11.1 Å². The standard InChI is InChI=1S/C20H30O3.C2H6/c1-7-15(2)19-9-8-10-20(11-19)16(3)12-22-18(5)14-23-17(4)13-21-6;1-2/h7-12,17-18H,13-14H2,1-6H3;1-2H3/b15-7+,16-12+;. The fraction of sp³-hybridized carbons (Fsp3) is 0.545. The number of hydrogen-bond acceptors (Lipinski definition) is 3. The Bertz CT molecular complexity index is 532. The number of rotatable bonds is 9. The highest BCUT2D eigenvalue weighted by molar-refractivity contribution is 5.70. The van der Waals surface area contributed by atoms with Gasteiger partial charge in [0.2, 0.25) is 0 Å². The van der Waals surface area contributed by atoms with E-state index in [0.29, 0.717) is 13.2 Å². The summed E-state index contributed by atoms with van der Waals surface area (Å²) >= 11 is 0. The molecule has 0 amide bonds. The second kappa shape index (κ2) is 13.7. The zero-order valence-corrected chi connectivity index (χ0v) is 17.3. The second-order valence-corrected chi connectivity index (χ2v) is 5.90. The summed E-state index contributed by atoms with van der Waals surface area (Å²) in [6.07, 6.45) is 4.02. The minimum Gasteiger partial charge on any atom is -0.496 e. The summed E-state index contributed by atoms with van der Waals surface area (Å²) in [4.78, 5) is 0. The molecule has 1 rings (SSSR count). The summed E-state index contributed by atoms with van der Waals surface area (Å²) in [6.45, 7) is 15.4. The number of methoxy groups -OCH3 is 1. The molecule has 25 heavy (non-hydrogen) atoms. The second-order valence-electron chi connectivity index (χ2n) is 5.90. The van der Waals surface area contributed by atoms with Crippen molar-refractivity contribution in [3.63, 3.8) is 0 Å². The Hall–Kier alpha value is -1.58. The van der Waals surface area contributed by atoms with E-state index in [0.717, 1.165) is 5.57 Å². The van der Waals surface area contributed by atoms with Gasteiger partial charge in [0.05, 0.1) is 25.6 Å². The van der Waals surface area contributed by atoms with Crippen LogP contribution >= 0.6 is 0 Å². The molecule has 0 aliphatic rings. The third kappa shape index (κ3) is 9.47. The van der Waals surface area contributed by atoms with Crippen LogP contribution in [0, 0.1) is 0 Å². The molecular formula is C22H36O3. The first-order chi connectivity index (χ1) is 12.0. The molecule has 142 valence electrons. The Morgan fingerprint density at radius 3 is 2.16 bits per heavy atom. The van der Waals surface area contributed by atoms with Crippen LogP contribution < -0.4 is 0 Å². The molecular weight excluding hydrogens is 312 g/mol. The maximum Gasteiger partial charge on any atom is 0.118 e. The Morgan fingerprint density at radius 1 is 1.00 bits per heavy atom. The van der Waals surface area contributed by atoms with E-state index in [1.807, 2.05) is 34.0 Å². The summed E-state index contributed by atoms with van der Waals surface area (Å²) in [5.74, 6) is 0. The number of benzene rings is 1. The SMILES string of the molecule is C/C=C(\C)c1cccc(/C(C)=C/OC(C)COC(C)COC)c1.CC. The zero-order valence-electron chi connectivity index (χ0n) is 17.3. The van der Waals surface area contributed by atoms with Crippen molar-refractivity contribution >= 4 is 11.1 Å². The third-order valence-electron chi connectivity index (χ3n) is 3.70. The number of ether oxygens (including phenoxy) is 3. The van der Waals surface area contributed by atoms with Gasteiger partial charge in [-0.2, -0.15) is 0 Å². The summed E-state index contributed by atoms with van der Waals surface area (Å²) in [5, 5.41) is 0. The average Bonchev–Trinajstić information content (AvgIpc) is 2.65. The largest absolute Gasteiger partial charge is 0.496 e. The van der Waals surface area contributed by atoms with E-state index in [1.165, 1.54) is 16.7 Å². The first kappa shape index (κ1) is 23.4. The molecule has 0 fully saturated rings. The van der Waals surface area contributed by atoms with Crippen LogP contribution in [0.15, 0.2) is 36.6 Å². The highest BCUT2D eigenvalue weighted by Crippen LogP contribution is 2.20. The Kier molecular flexibility index (Phi) is 12.8. The van der Waals surface area contributed by atoms with Gasteiger partial charge < -0.3 is 14.2 Å². The van der Waals surface area contributed by atoms with Gasteiger partial charge in [-0.3, -0.25) is 0 Å². The van der Waals surface area contributed by atoms with Gasteiger partial charge in [0.1, 0.15) is 6.10 Å². The molecule has 0 saturated carbocycles. The molecule has 1 aromatic rings. The Morgan fingerprint density at radius 2 is 1.60 bits per heavy atom. The summed E-state index contributed by atoms with van der Waals surface area (Å²) < 4.78 is 16.5. The lowest BCUT2D eigenvalue weighted by Gasteiger charge is -2.17. The molecule has 2 unspecified atom stereocenters. The number of hydrogen-bond donors (Lipinski definition) is 0. The molecule has 0 saturated heterocycles. The molecule has 0 radical (unpaired) electrons. The van der Waals surface area contributed by atoms with Crippen molar-refractivity contribution < 1.29 is 14.2 Å². The molecule has 0 bridgehead atoms. The van der Waals surface area contributed by atoms with E-state index in [4.69, 9.17) is 14.2 Å². The molecule has 0 heterocycles. The molecule has 2 atom stereocenters. The van der Waals surface area contributed by atoms with Gasteiger partial charge in [-0.05, 0) is 63.0 Å². The normalized spacial score (nSPS) is 14.4. The van der Waals surface area contributed by atoms with Crippen LogP contribution in [0.3, 0.4) is 0 Å². The lowest BCUT2D eigenvalue weighted by Crippen LogP contribution is -2.21. The molecule has 0 aromatic heterocycles. The maximum absolute atomic E-state index is 5.77. The molecule has 0 aliphatic heterocycles. The van der Waals surface area contributed by atoms with Crippen molar-refractivity contribution in [3.05, 3.63) is 47.7 Å². The van der Waals surface area contributed by atoms with Gasteiger partial charge in [0, 0.05) is 7.11 Å². The minimum atomic E-state index is 0.00436. The van der Waals surface area contributed by atoms with Gasteiger partial charge in [-0.15, -0.1) is 0 Å². The van der Waals surface area contributed by atoms with E-state index in [-0.39, 0.29) is 12.2 Å². The predicted molar refractivity (Wildman–Crippen MR) is 109 cm³/mol. The van der Waals surface area contributed by atoms with E-state index < -0.39 is 0 Å². The predicted octanol–water partition coefficient (Wildman–Crippen LogP) is 5.95. The van der Waals surface area contributed by atoms with Gasteiger partial charge in [0.15, 0.2) is 0 Å². The molecule has 1 aromatic carbocycles. The minimum absolute atomic E-state index is 0.00436. The van der Waals surface area contributed by atoms with Crippen LogP contribution in [0.5, 0.6) is 0 Å². The molecule has 3 nitrogen and oxygen atoms in total. The third-order valence-corrected chi connectivity index (χ3v) is 3.70. The highest BCUT2D eigenvalue weighted by Gasteiger charge is 2.07. The van der Waals surface area contributed by atoms with Crippen molar-refractivity contribution in [3.8, 4) is 0 Å². The molecule has 0 spiro atoms. The monoisotopic (exact) mass is 348 g/mol. The van der Waals surface area contributed by atoms with E-state index in [9.17, 15) is 0 Å². The van der Waals surface area contributed by atoms with Crippen molar-refractivity contribution in [2.75, 3.05) is 20.3 Å². The van der Waals surface area contributed by atoms with Gasteiger partial charge in [-0.1, -0.05) is 38.1 Å². The van der Waals surface area contributed by atoms with Crippen LogP contribution in [0.1, 0.15) is 59.6 Å². The van der Waals surface area contributed by atoms with Crippen molar-refractivity contribution in [1.82, 2.24) is 0 Å². The highest BCUT2D eigenvalue weighted by atomic mass is 16.5. The average molecular weight is 349 g/mol. The van der Waals surface area contributed by atoms with Crippen LogP contribution in [-0.4, -0.2) is 32.5 Å². The van der Waals surface area contributed by atoms with Gasteiger partial charge in [-0.25, -0.2) is 0 Å².